The maximum absolute atomic E-state index is 13.4. The van der Waals surface area contributed by atoms with Crippen molar-refractivity contribution >= 4 is 56.4 Å². The van der Waals surface area contributed by atoms with Gasteiger partial charge in [0.25, 0.3) is 17.4 Å². The van der Waals surface area contributed by atoms with Crippen LogP contribution in [-0.4, -0.2) is 29.5 Å². The lowest BCUT2D eigenvalue weighted by atomic mass is 9.83. The Balaban J connectivity index is 1.35. The lowest BCUT2D eigenvalue weighted by Gasteiger charge is -2.44. The Morgan fingerprint density at radius 3 is 2.51 bits per heavy atom. The van der Waals surface area contributed by atoms with Crippen molar-refractivity contribution in [3.8, 4) is 0 Å². The number of hydrogen-bond donors (Lipinski definition) is 2. The molecule has 2 N–H and O–H groups in total. The summed E-state index contributed by atoms with van der Waals surface area (Å²) in [6.45, 7) is 4.01. The molecule has 6 rings (SSSR count). The Morgan fingerprint density at radius 2 is 1.68 bits per heavy atom. The summed E-state index contributed by atoms with van der Waals surface area (Å²) >= 11 is 9.63. The van der Waals surface area contributed by atoms with Crippen molar-refractivity contribution in [2.45, 2.75) is 25.8 Å². The number of aromatic nitrogens is 1. The number of aryl methyl sites for hydroxylation is 1. The van der Waals surface area contributed by atoms with Crippen molar-refractivity contribution in [1.29, 1.82) is 0 Å². The maximum Gasteiger partial charge on any atom is 0.256 e. The Labute approximate surface area is 251 Å². The molecule has 0 saturated carbocycles. The highest BCUT2D eigenvalue weighted by atomic mass is 79.9. The summed E-state index contributed by atoms with van der Waals surface area (Å²) in [7, 11) is 0. The number of amides is 2. The molecule has 7 nitrogen and oxygen atoms in total. The van der Waals surface area contributed by atoms with Crippen LogP contribution in [0.5, 0.6) is 0 Å². The van der Waals surface area contributed by atoms with Gasteiger partial charge in [-0.2, -0.15) is 0 Å². The van der Waals surface area contributed by atoms with Crippen LogP contribution >= 0.6 is 27.5 Å². The topological polar surface area (TPSA) is 83.4 Å². The van der Waals surface area contributed by atoms with Crippen molar-refractivity contribution in [3.05, 3.63) is 121 Å². The van der Waals surface area contributed by atoms with Gasteiger partial charge < -0.3 is 20.1 Å². The lowest BCUT2D eigenvalue weighted by Crippen LogP contribution is -2.47. The molecule has 0 spiro atoms. The van der Waals surface area contributed by atoms with Crippen LogP contribution in [0.2, 0.25) is 5.02 Å². The van der Waals surface area contributed by atoms with E-state index in [2.05, 4.69) is 31.5 Å². The summed E-state index contributed by atoms with van der Waals surface area (Å²) in [6.07, 6.45) is 1.01. The highest BCUT2D eigenvalue weighted by molar-refractivity contribution is 9.10. The second-order valence-electron chi connectivity index (χ2n) is 10.7. The first kappa shape index (κ1) is 27.3. The zero-order valence-corrected chi connectivity index (χ0v) is 24.7. The molecule has 208 valence electrons. The van der Waals surface area contributed by atoms with E-state index in [1.54, 1.807) is 36.4 Å². The summed E-state index contributed by atoms with van der Waals surface area (Å²) in [4.78, 5) is 41.5. The molecule has 0 aliphatic carbocycles. The van der Waals surface area contributed by atoms with Crippen LogP contribution in [0, 0.1) is 12.8 Å². The predicted octanol–water partition coefficient (Wildman–Crippen LogP) is 6.70. The molecule has 4 aromatic rings. The highest BCUT2D eigenvalue weighted by Crippen LogP contribution is 2.39. The van der Waals surface area contributed by atoms with Crippen LogP contribution in [0.15, 0.2) is 88.1 Å². The number of piperidine rings is 1. The number of fused-ring (bicyclic) bond motifs is 4. The van der Waals surface area contributed by atoms with Gasteiger partial charge in [-0.1, -0.05) is 35.9 Å². The first-order chi connectivity index (χ1) is 19.8. The van der Waals surface area contributed by atoms with Crippen LogP contribution < -0.4 is 21.1 Å². The molecule has 1 saturated heterocycles. The summed E-state index contributed by atoms with van der Waals surface area (Å²) in [5, 5.41) is 6.55. The molecular weight excluding hydrogens is 604 g/mol. The second-order valence-corrected chi connectivity index (χ2v) is 12.0. The van der Waals surface area contributed by atoms with Crippen molar-refractivity contribution in [2.75, 3.05) is 28.6 Å². The number of nitrogens with one attached hydrogen (secondary N) is 2. The van der Waals surface area contributed by atoms with E-state index < -0.39 is 0 Å². The van der Waals surface area contributed by atoms with Gasteiger partial charge in [-0.25, -0.2) is 0 Å². The van der Waals surface area contributed by atoms with Gasteiger partial charge in [0.2, 0.25) is 0 Å². The number of carbonyl (C=O) groups is 2. The molecule has 3 heterocycles. The van der Waals surface area contributed by atoms with E-state index in [1.807, 2.05) is 54.0 Å². The zero-order valence-electron chi connectivity index (χ0n) is 22.4. The van der Waals surface area contributed by atoms with Crippen molar-refractivity contribution in [2.24, 2.45) is 5.92 Å². The van der Waals surface area contributed by atoms with E-state index >= 15 is 0 Å². The minimum Gasteiger partial charge on any atom is -0.369 e. The van der Waals surface area contributed by atoms with Crippen LogP contribution in [0.3, 0.4) is 0 Å². The van der Waals surface area contributed by atoms with Crippen LogP contribution in [0.25, 0.3) is 0 Å². The first-order valence-corrected chi connectivity index (χ1v) is 14.7. The van der Waals surface area contributed by atoms with Crippen LogP contribution in [-0.2, 0) is 6.54 Å². The van der Waals surface area contributed by atoms with E-state index in [0.717, 1.165) is 29.9 Å². The van der Waals surface area contributed by atoms with E-state index in [1.165, 1.54) is 0 Å². The summed E-state index contributed by atoms with van der Waals surface area (Å²) < 4.78 is 2.58. The Bertz CT molecular complexity index is 1740. The monoisotopic (exact) mass is 630 g/mol. The number of anilines is 3. The number of benzene rings is 3. The predicted molar refractivity (Wildman–Crippen MR) is 166 cm³/mol. The summed E-state index contributed by atoms with van der Waals surface area (Å²) in [6, 6.07) is 23.4. The molecule has 2 aliphatic heterocycles. The number of pyridine rings is 1. The average molecular weight is 632 g/mol. The number of halogens is 2. The fraction of sp³-hybridized carbons (Fsp3) is 0.219. The first-order valence-electron chi connectivity index (χ1n) is 13.5. The fourth-order valence-electron chi connectivity index (χ4n) is 5.90. The van der Waals surface area contributed by atoms with Gasteiger partial charge >= 0.3 is 0 Å². The smallest absolute Gasteiger partial charge is 0.256 e. The minimum atomic E-state index is -0.304. The normalized spacial score (nSPS) is 17.5. The Morgan fingerprint density at radius 1 is 0.878 bits per heavy atom. The van der Waals surface area contributed by atoms with E-state index in [9.17, 15) is 14.4 Å². The van der Waals surface area contributed by atoms with Gasteiger partial charge in [-0.3, -0.25) is 14.4 Å². The molecule has 2 amide bonds. The minimum absolute atomic E-state index is 0.0392. The van der Waals surface area contributed by atoms with Gasteiger partial charge in [-0.05, 0) is 89.3 Å². The van der Waals surface area contributed by atoms with Crippen molar-refractivity contribution in [3.63, 3.8) is 0 Å². The molecule has 2 bridgehead atoms. The molecule has 41 heavy (non-hydrogen) atoms. The molecule has 3 aromatic carbocycles. The highest BCUT2D eigenvalue weighted by Gasteiger charge is 2.35. The SMILES string of the molecule is Cc1ccc(Cl)cc1NC(=O)c1ccc(N2C[C@H]3C[C@@H](C2)c2cccc(=O)n2C3)c(NC(=O)c2ccccc2Br)c1. The molecule has 0 unspecified atom stereocenters. The number of hydrogen-bond acceptors (Lipinski definition) is 4. The average Bonchev–Trinajstić information content (AvgIpc) is 2.95. The van der Waals surface area contributed by atoms with E-state index in [0.29, 0.717) is 51.0 Å². The van der Waals surface area contributed by atoms with Gasteiger partial charge in [0.1, 0.15) is 0 Å². The third-order valence-electron chi connectivity index (χ3n) is 7.89. The number of carbonyl (C=O) groups excluding carboxylic acids is 2. The van der Waals surface area contributed by atoms with Gasteiger partial charge in [-0.15, -0.1) is 0 Å². The van der Waals surface area contributed by atoms with Gasteiger partial charge in [0.05, 0.1) is 16.9 Å². The second kappa shape index (κ2) is 11.2. The number of rotatable bonds is 5. The zero-order chi connectivity index (χ0) is 28.7. The van der Waals surface area contributed by atoms with Gasteiger partial charge in [0.15, 0.2) is 0 Å². The van der Waals surface area contributed by atoms with E-state index in [4.69, 9.17) is 11.6 Å². The summed E-state index contributed by atoms with van der Waals surface area (Å²) in [5.74, 6) is -0.0999. The van der Waals surface area contributed by atoms with Crippen LogP contribution in [0.1, 0.15) is 44.3 Å². The third kappa shape index (κ3) is 5.54. The van der Waals surface area contributed by atoms with Crippen molar-refractivity contribution in [1.82, 2.24) is 4.57 Å². The fourth-order valence-corrected chi connectivity index (χ4v) is 6.54. The van der Waals surface area contributed by atoms with Crippen molar-refractivity contribution < 1.29 is 9.59 Å². The maximum atomic E-state index is 13.4. The largest absolute Gasteiger partial charge is 0.369 e. The van der Waals surface area contributed by atoms with Crippen LogP contribution in [0.4, 0.5) is 17.1 Å². The van der Waals surface area contributed by atoms with Gasteiger partial charge in [0, 0.05) is 58.1 Å². The number of nitrogens with zero attached hydrogens (tertiary/aromatic N) is 2. The lowest BCUT2D eigenvalue weighted by molar-refractivity contribution is 0.101. The third-order valence-corrected chi connectivity index (χ3v) is 8.82. The molecule has 1 aromatic heterocycles. The quantitative estimate of drug-likeness (QED) is 0.257. The molecule has 1 fully saturated rings. The Kier molecular flexibility index (Phi) is 7.45. The molecule has 2 atom stereocenters. The molecular formula is C32H28BrClN4O3. The Hall–Kier alpha value is -3.88. The summed E-state index contributed by atoms with van der Waals surface area (Å²) in [5.41, 5.74) is 4.89. The molecule has 0 radical (unpaired) electrons. The molecule has 2 aliphatic rings. The standard InChI is InChI=1S/C32H28BrClN4O3/c1-19-9-11-23(34)15-26(19)35-31(40)21-10-12-29(27(14-21)36-32(41)24-5-2-3-6-25(24)33)37-16-20-13-22(18-37)28-7-4-8-30(39)38(28)17-20/h2-12,14-15,20,22H,13,16-18H2,1H3,(H,35,40)(H,36,41)/t20-,22+/m1/s1. The van der Waals surface area contributed by atoms with E-state index in [-0.39, 0.29) is 23.3 Å². The molecule has 9 heteroatoms.